The summed E-state index contributed by atoms with van der Waals surface area (Å²) in [4.78, 5) is 9.32. The van der Waals surface area contributed by atoms with Gasteiger partial charge < -0.3 is 15.4 Å². The van der Waals surface area contributed by atoms with Gasteiger partial charge in [-0.3, -0.25) is 0 Å². The van der Waals surface area contributed by atoms with E-state index in [1.54, 1.807) is 25.3 Å². The van der Waals surface area contributed by atoms with Crippen LogP contribution in [0, 0.1) is 6.92 Å². The molecule has 0 fully saturated rings. The Kier molecular flexibility index (Phi) is 5.00. The average molecular weight is 391 g/mol. The van der Waals surface area contributed by atoms with Crippen molar-refractivity contribution < 1.29 is 4.74 Å². The van der Waals surface area contributed by atoms with Gasteiger partial charge >= 0.3 is 0 Å². The van der Waals surface area contributed by atoms with Crippen LogP contribution in [0.4, 0.5) is 23.1 Å². The van der Waals surface area contributed by atoms with E-state index in [1.807, 2.05) is 36.4 Å². The number of hydrogen-bond acceptors (Lipinski definition) is 5. The normalized spacial score (nSPS) is 10.7. The zero-order valence-corrected chi connectivity index (χ0v) is 16.3. The SMILES string of the molecule is COc1ccc(Cl)cc1Nc1nc(Nc2ccc(C)cc2)c2ccccc2n1. The highest BCUT2D eigenvalue weighted by Gasteiger charge is 2.11. The number of aryl methyl sites for hydroxylation is 1. The van der Waals surface area contributed by atoms with Gasteiger partial charge in [-0.25, -0.2) is 4.98 Å². The minimum atomic E-state index is 0.453. The van der Waals surface area contributed by atoms with Crippen molar-refractivity contribution in [3.8, 4) is 5.75 Å². The van der Waals surface area contributed by atoms with Crippen LogP contribution >= 0.6 is 11.6 Å². The summed E-state index contributed by atoms with van der Waals surface area (Å²) in [6.07, 6.45) is 0. The fraction of sp³-hybridized carbons (Fsp3) is 0.0909. The number of para-hydroxylation sites is 1. The van der Waals surface area contributed by atoms with Gasteiger partial charge in [0, 0.05) is 16.1 Å². The lowest BCUT2D eigenvalue weighted by molar-refractivity contribution is 0.417. The molecule has 4 aromatic rings. The molecule has 0 spiro atoms. The first kappa shape index (κ1) is 18.1. The van der Waals surface area contributed by atoms with E-state index in [1.165, 1.54) is 5.56 Å². The number of nitrogens with zero attached hydrogens (tertiary/aromatic N) is 2. The second-order valence-electron chi connectivity index (χ2n) is 6.37. The predicted octanol–water partition coefficient (Wildman–Crippen LogP) is 6.09. The van der Waals surface area contributed by atoms with Crippen LogP contribution in [-0.2, 0) is 0 Å². The monoisotopic (exact) mass is 390 g/mol. The molecule has 0 aliphatic heterocycles. The van der Waals surface area contributed by atoms with Crippen LogP contribution in [0.15, 0.2) is 66.7 Å². The quantitative estimate of drug-likeness (QED) is 0.432. The van der Waals surface area contributed by atoms with E-state index in [9.17, 15) is 0 Å². The zero-order valence-electron chi connectivity index (χ0n) is 15.5. The lowest BCUT2D eigenvalue weighted by atomic mass is 10.2. The molecule has 0 saturated carbocycles. The Morgan fingerprint density at radius 3 is 2.46 bits per heavy atom. The fourth-order valence-electron chi connectivity index (χ4n) is 2.90. The predicted molar refractivity (Wildman–Crippen MR) is 115 cm³/mol. The number of methoxy groups -OCH3 is 1. The molecule has 0 atom stereocenters. The van der Waals surface area contributed by atoms with Gasteiger partial charge in [0.1, 0.15) is 11.6 Å². The second kappa shape index (κ2) is 7.74. The second-order valence-corrected chi connectivity index (χ2v) is 6.81. The van der Waals surface area contributed by atoms with E-state index in [4.69, 9.17) is 16.3 Å². The first-order valence-corrected chi connectivity index (χ1v) is 9.21. The molecule has 0 radical (unpaired) electrons. The van der Waals surface area contributed by atoms with E-state index in [0.717, 1.165) is 22.4 Å². The summed E-state index contributed by atoms with van der Waals surface area (Å²) in [7, 11) is 1.61. The van der Waals surface area contributed by atoms with Crippen LogP contribution in [0.2, 0.25) is 5.02 Å². The molecule has 0 aliphatic carbocycles. The van der Waals surface area contributed by atoms with Crippen LogP contribution in [0.3, 0.4) is 0 Å². The van der Waals surface area contributed by atoms with E-state index in [2.05, 4.69) is 39.7 Å². The number of hydrogen-bond donors (Lipinski definition) is 2. The molecule has 0 amide bonds. The fourth-order valence-corrected chi connectivity index (χ4v) is 3.07. The highest BCUT2D eigenvalue weighted by Crippen LogP contribution is 2.31. The van der Waals surface area contributed by atoms with Crippen molar-refractivity contribution in [1.82, 2.24) is 9.97 Å². The molecule has 0 saturated heterocycles. The lowest BCUT2D eigenvalue weighted by Crippen LogP contribution is -2.03. The molecule has 3 aromatic carbocycles. The van der Waals surface area contributed by atoms with Crippen molar-refractivity contribution >= 4 is 45.6 Å². The third-order valence-corrected chi connectivity index (χ3v) is 4.56. The van der Waals surface area contributed by atoms with Gasteiger partial charge in [-0.05, 0) is 49.4 Å². The van der Waals surface area contributed by atoms with Crippen LogP contribution < -0.4 is 15.4 Å². The molecule has 28 heavy (non-hydrogen) atoms. The maximum Gasteiger partial charge on any atom is 0.229 e. The van der Waals surface area contributed by atoms with Gasteiger partial charge in [0.25, 0.3) is 0 Å². The van der Waals surface area contributed by atoms with Crippen molar-refractivity contribution in [2.75, 3.05) is 17.7 Å². The summed E-state index contributed by atoms with van der Waals surface area (Å²) >= 11 is 6.14. The summed E-state index contributed by atoms with van der Waals surface area (Å²) in [5.74, 6) is 1.83. The molecule has 1 heterocycles. The van der Waals surface area contributed by atoms with Crippen LogP contribution in [0.1, 0.15) is 5.56 Å². The lowest BCUT2D eigenvalue weighted by Gasteiger charge is -2.14. The molecule has 5 nitrogen and oxygen atoms in total. The Bertz CT molecular complexity index is 1130. The summed E-state index contributed by atoms with van der Waals surface area (Å²) in [5, 5.41) is 8.15. The van der Waals surface area contributed by atoms with Crippen molar-refractivity contribution in [1.29, 1.82) is 0 Å². The number of rotatable bonds is 5. The van der Waals surface area contributed by atoms with Crippen LogP contribution in [0.25, 0.3) is 10.9 Å². The zero-order chi connectivity index (χ0) is 19.5. The Balaban J connectivity index is 1.75. The van der Waals surface area contributed by atoms with E-state index >= 15 is 0 Å². The number of benzene rings is 3. The van der Waals surface area contributed by atoms with Gasteiger partial charge in [0.15, 0.2) is 0 Å². The average Bonchev–Trinajstić information content (AvgIpc) is 2.70. The number of aromatic nitrogens is 2. The molecule has 4 rings (SSSR count). The highest BCUT2D eigenvalue weighted by molar-refractivity contribution is 6.31. The van der Waals surface area contributed by atoms with Gasteiger partial charge in [0.05, 0.1) is 18.3 Å². The van der Waals surface area contributed by atoms with E-state index < -0.39 is 0 Å². The first-order chi connectivity index (χ1) is 13.6. The minimum Gasteiger partial charge on any atom is -0.495 e. The molecule has 1 aromatic heterocycles. The number of ether oxygens (including phenoxy) is 1. The summed E-state index contributed by atoms with van der Waals surface area (Å²) in [6, 6.07) is 21.4. The molecule has 0 aliphatic rings. The Morgan fingerprint density at radius 2 is 1.68 bits per heavy atom. The molecule has 2 N–H and O–H groups in total. The smallest absolute Gasteiger partial charge is 0.229 e. The van der Waals surface area contributed by atoms with Crippen molar-refractivity contribution in [2.24, 2.45) is 0 Å². The third kappa shape index (κ3) is 3.85. The largest absolute Gasteiger partial charge is 0.495 e. The molecule has 0 bridgehead atoms. The maximum absolute atomic E-state index is 6.14. The number of anilines is 4. The minimum absolute atomic E-state index is 0.453. The Hall–Kier alpha value is -3.31. The maximum atomic E-state index is 6.14. The number of fused-ring (bicyclic) bond motifs is 1. The van der Waals surface area contributed by atoms with E-state index in [0.29, 0.717) is 22.4 Å². The van der Waals surface area contributed by atoms with Gasteiger partial charge in [0.2, 0.25) is 5.95 Å². The van der Waals surface area contributed by atoms with Crippen molar-refractivity contribution in [3.05, 3.63) is 77.3 Å². The highest BCUT2D eigenvalue weighted by atomic mass is 35.5. The molecule has 0 unspecified atom stereocenters. The van der Waals surface area contributed by atoms with E-state index in [-0.39, 0.29) is 0 Å². The molecule has 6 heteroatoms. The third-order valence-electron chi connectivity index (χ3n) is 4.33. The van der Waals surface area contributed by atoms with Crippen molar-refractivity contribution in [2.45, 2.75) is 6.92 Å². The van der Waals surface area contributed by atoms with Gasteiger partial charge in [-0.15, -0.1) is 0 Å². The van der Waals surface area contributed by atoms with Crippen molar-refractivity contribution in [3.63, 3.8) is 0 Å². The summed E-state index contributed by atoms with van der Waals surface area (Å²) in [6.45, 7) is 2.06. The Labute approximate surface area is 168 Å². The number of nitrogens with one attached hydrogen (secondary N) is 2. The van der Waals surface area contributed by atoms with Gasteiger partial charge in [-0.1, -0.05) is 41.4 Å². The number of halogens is 1. The molecular formula is C22H19ClN4O. The van der Waals surface area contributed by atoms with Crippen LogP contribution in [-0.4, -0.2) is 17.1 Å². The first-order valence-electron chi connectivity index (χ1n) is 8.83. The Morgan fingerprint density at radius 1 is 0.893 bits per heavy atom. The standard InChI is InChI=1S/C22H19ClN4O/c1-14-7-10-16(11-8-14)24-21-17-5-3-4-6-18(17)25-22(27-21)26-19-13-15(23)9-12-20(19)28-2/h3-13H,1-2H3,(H2,24,25,26,27). The summed E-state index contributed by atoms with van der Waals surface area (Å²) < 4.78 is 5.40. The summed E-state index contributed by atoms with van der Waals surface area (Å²) in [5.41, 5.74) is 3.69. The van der Waals surface area contributed by atoms with Gasteiger partial charge in [-0.2, -0.15) is 4.98 Å². The topological polar surface area (TPSA) is 59.1 Å². The molecule has 140 valence electrons. The van der Waals surface area contributed by atoms with Crippen LogP contribution in [0.5, 0.6) is 5.75 Å². The molecular weight excluding hydrogens is 372 g/mol.